The summed E-state index contributed by atoms with van der Waals surface area (Å²) in [5.74, 6) is -1.64. The van der Waals surface area contributed by atoms with E-state index in [0.29, 0.717) is 5.69 Å². The highest BCUT2D eigenvalue weighted by atomic mass is 19.3. The maximum absolute atomic E-state index is 13.5. The van der Waals surface area contributed by atoms with E-state index in [9.17, 15) is 18.4 Å². The molecule has 1 fully saturated rings. The molecule has 0 saturated carbocycles. The highest BCUT2D eigenvalue weighted by Gasteiger charge is 2.52. The van der Waals surface area contributed by atoms with E-state index in [1.54, 1.807) is 17.9 Å². The summed E-state index contributed by atoms with van der Waals surface area (Å²) in [4.78, 5) is 30.2. The molecule has 2 N–H and O–H groups in total. The number of carboxylic acids is 1. The molecule has 7 nitrogen and oxygen atoms in total. The van der Waals surface area contributed by atoms with Gasteiger partial charge in [-0.3, -0.25) is 14.5 Å². The van der Waals surface area contributed by atoms with E-state index >= 15 is 0 Å². The van der Waals surface area contributed by atoms with Gasteiger partial charge in [-0.25, -0.2) is 4.98 Å². The number of aryl methyl sites for hydroxylation is 1. The van der Waals surface area contributed by atoms with Crippen LogP contribution in [-0.4, -0.2) is 53.1 Å². The fraction of sp³-hybridized carbons (Fsp3) is 0.409. The second kappa shape index (κ2) is 8.97. The van der Waals surface area contributed by atoms with E-state index in [0.717, 1.165) is 11.1 Å². The van der Waals surface area contributed by atoms with Crippen molar-refractivity contribution in [2.45, 2.75) is 38.7 Å². The summed E-state index contributed by atoms with van der Waals surface area (Å²) < 4.78 is 30.1. The van der Waals surface area contributed by atoms with Crippen molar-refractivity contribution >= 4 is 17.6 Å². The molecule has 31 heavy (non-hydrogen) atoms. The van der Waals surface area contributed by atoms with Crippen molar-refractivity contribution in [1.82, 2.24) is 9.88 Å². The standard InChI is InChI=1S/C22H25F2N3O4/c1-13(2)15-6-4-5-7-16(15)22(11-27(12-22)10-18(28)29)20(30)26-17-9-8-14(3)25-19(17)31-21(23)24/h4-9,13,21H,10-12H2,1-3H3,(H,26,30)(H,28,29). The molecule has 0 spiro atoms. The number of hydrogen-bond donors (Lipinski definition) is 2. The molecule has 2 aromatic rings. The van der Waals surface area contributed by atoms with Crippen molar-refractivity contribution in [3.63, 3.8) is 0 Å². The Kier molecular flexibility index (Phi) is 6.54. The number of pyridine rings is 1. The van der Waals surface area contributed by atoms with Crippen LogP contribution in [0.1, 0.15) is 36.6 Å². The Balaban J connectivity index is 1.97. The summed E-state index contributed by atoms with van der Waals surface area (Å²) in [6, 6.07) is 10.6. The smallest absolute Gasteiger partial charge is 0.388 e. The SMILES string of the molecule is Cc1ccc(NC(=O)C2(c3ccccc3C(C)C)CN(CC(=O)O)C2)c(OC(F)F)n1. The molecule has 0 radical (unpaired) electrons. The fourth-order valence-corrected chi connectivity index (χ4v) is 3.94. The predicted molar refractivity (Wildman–Crippen MR) is 111 cm³/mol. The van der Waals surface area contributed by atoms with Gasteiger partial charge in [-0.15, -0.1) is 0 Å². The van der Waals surface area contributed by atoms with E-state index in [4.69, 9.17) is 5.11 Å². The van der Waals surface area contributed by atoms with Crippen molar-refractivity contribution in [1.29, 1.82) is 0 Å². The van der Waals surface area contributed by atoms with E-state index < -0.39 is 23.9 Å². The molecule has 1 aliphatic heterocycles. The Morgan fingerprint density at radius 3 is 2.52 bits per heavy atom. The molecule has 2 heterocycles. The van der Waals surface area contributed by atoms with Crippen LogP contribution in [0.15, 0.2) is 36.4 Å². The number of nitrogens with one attached hydrogen (secondary N) is 1. The minimum Gasteiger partial charge on any atom is -0.480 e. The van der Waals surface area contributed by atoms with Crippen molar-refractivity contribution < 1.29 is 28.2 Å². The van der Waals surface area contributed by atoms with E-state index in [1.165, 1.54) is 6.07 Å². The molecule has 0 aliphatic carbocycles. The first-order valence-corrected chi connectivity index (χ1v) is 9.90. The first-order valence-electron chi connectivity index (χ1n) is 9.90. The fourth-order valence-electron chi connectivity index (χ4n) is 3.94. The van der Waals surface area contributed by atoms with Crippen LogP contribution in [0.4, 0.5) is 14.5 Å². The molecule has 0 unspecified atom stereocenters. The van der Waals surface area contributed by atoms with Gasteiger partial charge in [0.05, 0.1) is 12.0 Å². The lowest BCUT2D eigenvalue weighted by Gasteiger charge is -2.49. The van der Waals surface area contributed by atoms with E-state index in [-0.39, 0.29) is 37.1 Å². The van der Waals surface area contributed by atoms with Gasteiger partial charge in [0.1, 0.15) is 5.69 Å². The summed E-state index contributed by atoms with van der Waals surface area (Å²) in [5.41, 5.74) is 1.24. The number of carboxylic acid groups (broad SMARTS) is 1. The van der Waals surface area contributed by atoms with Crippen molar-refractivity contribution in [3.8, 4) is 5.88 Å². The van der Waals surface area contributed by atoms with Gasteiger partial charge in [0.25, 0.3) is 0 Å². The van der Waals surface area contributed by atoms with Crippen LogP contribution in [0.25, 0.3) is 0 Å². The maximum Gasteiger partial charge on any atom is 0.388 e. The third-order valence-corrected chi connectivity index (χ3v) is 5.33. The molecule has 1 saturated heterocycles. The number of benzene rings is 1. The van der Waals surface area contributed by atoms with Crippen molar-refractivity contribution in [3.05, 3.63) is 53.2 Å². The molecular formula is C22H25F2N3O4. The zero-order valence-electron chi connectivity index (χ0n) is 17.6. The minimum absolute atomic E-state index is 0.0361. The molecule has 1 aromatic heterocycles. The lowest BCUT2D eigenvalue weighted by Crippen LogP contribution is -2.66. The number of likely N-dealkylation sites (tertiary alicyclic amines) is 1. The molecule has 1 amide bonds. The van der Waals surface area contributed by atoms with Crippen LogP contribution in [0, 0.1) is 6.92 Å². The van der Waals surface area contributed by atoms with Gasteiger partial charge in [-0.05, 0) is 36.1 Å². The lowest BCUT2D eigenvalue weighted by molar-refractivity contribution is -0.143. The zero-order valence-corrected chi connectivity index (χ0v) is 17.6. The first-order chi connectivity index (χ1) is 14.6. The molecule has 3 rings (SSSR count). The number of carbonyl (C=O) groups excluding carboxylic acids is 1. The second-order valence-corrected chi connectivity index (χ2v) is 8.00. The molecule has 0 atom stereocenters. The number of rotatable bonds is 8. The summed E-state index contributed by atoms with van der Waals surface area (Å²) in [5, 5.41) is 11.8. The zero-order chi connectivity index (χ0) is 22.8. The number of carbonyl (C=O) groups is 2. The number of alkyl halides is 2. The molecular weight excluding hydrogens is 408 g/mol. The Hall–Kier alpha value is -3.07. The first kappa shape index (κ1) is 22.6. The van der Waals surface area contributed by atoms with Crippen LogP contribution in [0.5, 0.6) is 5.88 Å². The highest BCUT2D eigenvalue weighted by Crippen LogP contribution is 2.40. The summed E-state index contributed by atoms with van der Waals surface area (Å²) in [6.45, 7) is 2.76. The van der Waals surface area contributed by atoms with Crippen molar-refractivity contribution in [2.24, 2.45) is 0 Å². The van der Waals surface area contributed by atoms with Gasteiger partial charge < -0.3 is 15.2 Å². The van der Waals surface area contributed by atoms with Gasteiger partial charge in [-0.1, -0.05) is 38.1 Å². The monoisotopic (exact) mass is 433 g/mol. The van der Waals surface area contributed by atoms with Gasteiger partial charge in [0.15, 0.2) is 0 Å². The van der Waals surface area contributed by atoms with Crippen molar-refractivity contribution in [2.75, 3.05) is 25.0 Å². The van der Waals surface area contributed by atoms with Gasteiger partial charge in [0, 0.05) is 18.8 Å². The number of aromatic nitrogens is 1. The highest BCUT2D eigenvalue weighted by molar-refractivity contribution is 6.01. The maximum atomic E-state index is 13.5. The summed E-state index contributed by atoms with van der Waals surface area (Å²) >= 11 is 0. The summed E-state index contributed by atoms with van der Waals surface area (Å²) in [7, 11) is 0. The van der Waals surface area contributed by atoms with E-state index in [2.05, 4.69) is 15.0 Å². The lowest BCUT2D eigenvalue weighted by atomic mass is 9.69. The average molecular weight is 433 g/mol. The summed E-state index contributed by atoms with van der Waals surface area (Å²) in [6.07, 6.45) is 0. The Morgan fingerprint density at radius 1 is 1.23 bits per heavy atom. The normalized spacial score (nSPS) is 15.6. The Bertz CT molecular complexity index is 975. The molecule has 1 aliphatic rings. The van der Waals surface area contributed by atoms with Gasteiger partial charge >= 0.3 is 12.6 Å². The van der Waals surface area contributed by atoms with Crippen LogP contribution in [0.2, 0.25) is 0 Å². The topological polar surface area (TPSA) is 91.8 Å². The quantitative estimate of drug-likeness (QED) is 0.663. The third kappa shape index (κ3) is 4.82. The number of aliphatic carboxylic acids is 1. The largest absolute Gasteiger partial charge is 0.480 e. The number of hydrogen-bond acceptors (Lipinski definition) is 5. The molecule has 166 valence electrons. The average Bonchev–Trinajstić information content (AvgIpc) is 2.65. The van der Waals surface area contributed by atoms with Crippen LogP contribution < -0.4 is 10.1 Å². The molecule has 1 aromatic carbocycles. The minimum atomic E-state index is -3.09. The molecule has 9 heteroatoms. The van der Waals surface area contributed by atoms with Gasteiger partial charge in [-0.2, -0.15) is 8.78 Å². The number of halogens is 2. The molecule has 0 bridgehead atoms. The number of nitrogens with zero attached hydrogens (tertiary/aromatic N) is 2. The van der Waals surface area contributed by atoms with Crippen LogP contribution >= 0.6 is 0 Å². The number of amides is 1. The van der Waals surface area contributed by atoms with E-state index in [1.807, 2.05) is 38.1 Å². The Labute approximate surface area is 179 Å². The second-order valence-electron chi connectivity index (χ2n) is 8.00. The number of ether oxygens (including phenoxy) is 1. The number of anilines is 1. The van der Waals surface area contributed by atoms with Gasteiger partial charge in [0.2, 0.25) is 11.8 Å². The third-order valence-electron chi connectivity index (χ3n) is 5.33. The van der Waals surface area contributed by atoms with Crippen LogP contribution in [0.3, 0.4) is 0 Å². The predicted octanol–water partition coefficient (Wildman–Crippen LogP) is 3.39. The van der Waals surface area contributed by atoms with Crippen LogP contribution in [-0.2, 0) is 15.0 Å². The Morgan fingerprint density at radius 2 is 1.90 bits per heavy atom.